The first-order chi connectivity index (χ1) is 9.16. The maximum Gasteiger partial charge on any atom is 0.123 e. The quantitative estimate of drug-likeness (QED) is 0.780. The van der Waals surface area contributed by atoms with E-state index in [1.54, 1.807) is 16.9 Å². The second kappa shape index (κ2) is 4.64. The van der Waals surface area contributed by atoms with Gasteiger partial charge in [0.25, 0.3) is 0 Å². The van der Waals surface area contributed by atoms with Crippen molar-refractivity contribution in [3.8, 4) is 0 Å². The van der Waals surface area contributed by atoms with Crippen LogP contribution < -0.4 is 0 Å². The second-order valence-electron chi connectivity index (χ2n) is 4.20. The number of aromatic nitrogens is 2. The number of hydrogen-bond donors (Lipinski definition) is 1. The zero-order chi connectivity index (χ0) is 13.4. The van der Waals surface area contributed by atoms with E-state index in [-0.39, 0.29) is 0 Å². The van der Waals surface area contributed by atoms with E-state index in [1.807, 2.05) is 18.2 Å². The number of fused-ring (bicyclic) bond motifs is 1. The number of aliphatic hydroxyl groups is 1. The molecule has 0 amide bonds. The molecule has 0 saturated carbocycles. The van der Waals surface area contributed by atoms with Gasteiger partial charge in [0.1, 0.15) is 11.9 Å². The van der Waals surface area contributed by atoms with Crippen LogP contribution in [0.5, 0.6) is 0 Å². The largest absolute Gasteiger partial charge is 0.383 e. The van der Waals surface area contributed by atoms with Gasteiger partial charge < -0.3 is 5.11 Å². The van der Waals surface area contributed by atoms with E-state index >= 15 is 0 Å². The van der Waals surface area contributed by atoms with Crippen LogP contribution in [0.2, 0.25) is 5.02 Å². The summed E-state index contributed by atoms with van der Waals surface area (Å²) in [6.45, 7) is 0. The van der Waals surface area contributed by atoms with Crippen LogP contribution in [-0.4, -0.2) is 14.7 Å². The molecule has 0 fully saturated rings. The number of benzene rings is 1. The van der Waals surface area contributed by atoms with Crippen molar-refractivity contribution in [1.82, 2.24) is 9.61 Å². The molecule has 96 valence electrons. The van der Waals surface area contributed by atoms with Gasteiger partial charge in [-0.25, -0.2) is 8.91 Å². The monoisotopic (exact) mass is 276 g/mol. The van der Waals surface area contributed by atoms with E-state index in [1.165, 1.54) is 18.2 Å². The summed E-state index contributed by atoms with van der Waals surface area (Å²) in [5.74, 6) is -0.435. The summed E-state index contributed by atoms with van der Waals surface area (Å²) < 4.78 is 14.9. The fourth-order valence-corrected chi connectivity index (χ4v) is 2.28. The molecule has 1 atom stereocenters. The third kappa shape index (κ3) is 2.09. The predicted molar refractivity (Wildman–Crippen MR) is 70.7 cm³/mol. The molecule has 0 aliphatic heterocycles. The van der Waals surface area contributed by atoms with E-state index in [9.17, 15) is 9.50 Å². The lowest BCUT2D eigenvalue weighted by Gasteiger charge is -2.11. The molecule has 2 heterocycles. The smallest absolute Gasteiger partial charge is 0.123 e. The first kappa shape index (κ1) is 12.1. The molecule has 3 aromatic rings. The predicted octanol–water partition coefficient (Wildman–Crippen LogP) is 3.21. The van der Waals surface area contributed by atoms with Gasteiger partial charge in [-0.15, -0.1) is 0 Å². The number of hydrogen-bond acceptors (Lipinski definition) is 2. The molecule has 0 radical (unpaired) electrons. The van der Waals surface area contributed by atoms with Crippen LogP contribution in [0.15, 0.2) is 48.8 Å². The van der Waals surface area contributed by atoms with Crippen LogP contribution in [0.25, 0.3) is 5.52 Å². The van der Waals surface area contributed by atoms with Crippen molar-refractivity contribution in [2.24, 2.45) is 0 Å². The first-order valence-electron chi connectivity index (χ1n) is 5.72. The van der Waals surface area contributed by atoms with E-state index in [0.717, 1.165) is 5.52 Å². The van der Waals surface area contributed by atoms with Gasteiger partial charge in [0.05, 0.1) is 11.7 Å². The highest BCUT2D eigenvalue weighted by atomic mass is 35.5. The third-order valence-electron chi connectivity index (χ3n) is 3.00. The van der Waals surface area contributed by atoms with Crippen LogP contribution in [0, 0.1) is 5.82 Å². The first-order valence-corrected chi connectivity index (χ1v) is 6.10. The number of nitrogens with zero attached hydrogens (tertiary/aromatic N) is 2. The summed E-state index contributed by atoms with van der Waals surface area (Å²) in [6.07, 6.45) is 2.32. The SMILES string of the molecule is OC(c1cc(F)ccc1Cl)c1cnn2ccccc12. The number of aliphatic hydroxyl groups excluding tert-OH is 1. The fourth-order valence-electron chi connectivity index (χ4n) is 2.06. The lowest BCUT2D eigenvalue weighted by molar-refractivity contribution is 0.221. The lowest BCUT2D eigenvalue weighted by atomic mass is 10.0. The average Bonchev–Trinajstić information content (AvgIpc) is 2.84. The number of rotatable bonds is 2. The van der Waals surface area contributed by atoms with Gasteiger partial charge in [-0.2, -0.15) is 5.10 Å². The van der Waals surface area contributed by atoms with Crippen LogP contribution in [-0.2, 0) is 0 Å². The van der Waals surface area contributed by atoms with E-state index in [2.05, 4.69) is 5.10 Å². The Morgan fingerprint density at radius 2 is 2.05 bits per heavy atom. The zero-order valence-corrected chi connectivity index (χ0v) is 10.5. The van der Waals surface area contributed by atoms with Gasteiger partial charge >= 0.3 is 0 Å². The molecule has 0 saturated heterocycles. The Hall–Kier alpha value is -1.91. The summed E-state index contributed by atoms with van der Waals surface area (Å²) in [5, 5.41) is 14.8. The average molecular weight is 277 g/mol. The van der Waals surface area contributed by atoms with Gasteiger partial charge in [-0.1, -0.05) is 17.7 Å². The van der Waals surface area contributed by atoms with E-state index in [4.69, 9.17) is 11.6 Å². The topological polar surface area (TPSA) is 37.5 Å². The molecule has 0 bridgehead atoms. The third-order valence-corrected chi connectivity index (χ3v) is 3.35. The molecular formula is C14H10ClFN2O. The molecule has 0 aliphatic rings. The lowest BCUT2D eigenvalue weighted by Crippen LogP contribution is -2.01. The number of halogens is 2. The maximum absolute atomic E-state index is 13.3. The summed E-state index contributed by atoms with van der Waals surface area (Å²) in [5.41, 5.74) is 1.68. The Bertz CT molecular complexity index is 741. The highest BCUT2D eigenvalue weighted by molar-refractivity contribution is 6.31. The minimum Gasteiger partial charge on any atom is -0.383 e. The summed E-state index contributed by atoms with van der Waals surface area (Å²) >= 11 is 6.01. The van der Waals surface area contributed by atoms with Gasteiger partial charge in [0.15, 0.2) is 0 Å². The zero-order valence-electron chi connectivity index (χ0n) is 9.79. The summed E-state index contributed by atoms with van der Waals surface area (Å²) in [4.78, 5) is 0. The fraction of sp³-hybridized carbons (Fsp3) is 0.0714. The molecule has 1 unspecified atom stereocenters. The van der Waals surface area contributed by atoms with Gasteiger partial charge in [0, 0.05) is 22.3 Å². The molecule has 0 spiro atoms. The summed E-state index contributed by atoms with van der Waals surface area (Å²) in [7, 11) is 0. The maximum atomic E-state index is 13.3. The Morgan fingerprint density at radius 3 is 2.89 bits per heavy atom. The molecule has 1 aromatic carbocycles. The van der Waals surface area contributed by atoms with Crippen LogP contribution >= 0.6 is 11.6 Å². The Labute approximate surface area is 113 Å². The molecule has 5 heteroatoms. The molecule has 3 nitrogen and oxygen atoms in total. The molecular weight excluding hydrogens is 267 g/mol. The van der Waals surface area contributed by atoms with E-state index < -0.39 is 11.9 Å². The van der Waals surface area contributed by atoms with Crippen molar-refractivity contribution in [2.75, 3.05) is 0 Å². The minimum absolute atomic E-state index is 0.323. The van der Waals surface area contributed by atoms with E-state index in [0.29, 0.717) is 16.1 Å². The highest BCUT2D eigenvalue weighted by Crippen LogP contribution is 2.30. The summed E-state index contributed by atoms with van der Waals surface area (Å²) in [6, 6.07) is 9.44. The Kier molecular flexibility index (Phi) is 2.97. The van der Waals surface area contributed by atoms with Crippen molar-refractivity contribution in [3.63, 3.8) is 0 Å². The molecule has 3 rings (SSSR count). The number of pyridine rings is 1. The van der Waals surface area contributed by atoms with Crippen molar-refractivity contribution in [1.29, 1.82) is 0 Å². The standard InChI is InChI=1S/C14H10ClFN2O/c15-12-5-4-9(16)7-10(12)14(19)11-8-17-18-6-2-1-3-13(11)18/h1-8,14,19H. The highest BCUT2D eigenvalue weighted by Gasteiger charge is 2.18. The van der Waals surface area contributed by atoms with Crippen molar-refractivity contribution in [2.45, 2.75) is 6.10 Å². The van der Waals surface area contributed by atoms with Gasteiger partial charge in [-0.05, 0) is 30.3 Å². The minimum atomic E-state index is -1.01. The van der Waals surface area contributed by atoms with Gasteiger partial charge in [-0.3, -0.25) is 0 Å². The van der Waals surface area contributed by atoms with Crippen LogP contribution in [0.3, 0.4) is 0 Å². The van der Waals surface area contributed by atoms with Crippen molar-refractivity contribution in [3.05, 3.63) is 70.8 Å². The van der Waals surface area contributed by atoms with Crippen LogP contribution in [0.4, 0.5) is 4.39 Å². The molecule has 19 heavy (non-hydrogen) atoms. The Morgan fingerprint density at radius 1 is 1.21 bits per heavy atom. The second-order valence-corrected chi connectivity index (χ2v) is 4.61. The molecule has 2 aromatic heterocycles. The molecule has 0 aliphatic carbocycles. The Balaban J connectivity index is 2.13. The molecule has 1 N–H and O–H groups in total. The van der Waals surface area contributed by atoms with Crippen molar-refractivity contribution >= 4 is 17.1 Å². The van der Waals surface area contributed by atoms with Crippen LogP contribution in [0.1, 0.15) is 17.2 Å². The van der Waals surface area contributed by atoms with Gasteiger partial charge in [0.2, 0.25) is 0 Å². The van der Waals surface area contributed by atoms with Crippen molar-refractivity contribution < 1.29 is 9.50 Å². The normalized spacial score (nSPS) is 12.8.